The van der Waals surface area contributed by atoms with Crippen LogP contribution in [0.3, 0.4) is 0 Å². The van der Waals surface area contributed by atoms with Crippen molar-refractivity contribution in [1.29, 1.82) is 0 Å². The fraction of sp³-hybridized carbons (Fsp3) is 0.214. The number of rotatable bonds is 6. The summed E-state index contributed by atoms with van der Waals surface area (Å²) in [7, 11) is 1.63. The Morgan fingerprint density at radius 1 is 0.970 bits per heavy atom. The summed E-state index contributed by atoms with van der Waals surface area (Å²) in [4.78, 5) is 9.65. The molecule has 0 aliphatic carbocycles. The molecule has 4 nitrogen and oxygen atoms in total. The second-order valence-corrected chi connectivity index (χ2v) is 8.36. The minimum absolute atomic E-state index is 0.310. The number of ether oxygens (including phenoxy) is 1. The zero-order chi connectivity index (χ0) is 22.8. The van der Waals surface area contributed by atoms with Crippen LogP contribution in [0.25, 0.3) is 22.2 Å². The Kier molecular flexibility index (Phi) is 5.55. The minimum atomic E-state index is -0.366. The van der Waals surface area contributed by atoms with E-state index >= 15 is 0 Å². The van der Waals surface area contributed by atoms with Gasteiger partial charge in [-0.2, -0.15) is 0 Å². The van der Waals surface area contributed by atoms with Crippen molar-refractivity contribution < 1.29 is 9.13 Å². The van der Waals surface area contributed by atoms with Crippen molar-refractivity contribution in [3.05, 3.63) is 95.8 Å². The van der Waals surface area contributed by atoms with Crippen LogP contribution in [0, 0.1) is 5.82 Å². The quantitative estimate of drug-likeness (QED) is 0.395. The van der Waals surface area contributed by atoms with Gasteiger partial charge in [0.1, 0.15) is 22.9 Å². The number of nitrogens with zero attached hydrogens (tertiary/aromatic N) is 2. The molecule has 2 heterocycles. The number of hydrogen-bond acceptors (Lipinski definition) is 4. The van der Waals surface area contributed by atoms with Gasteiger partial charge in [-0.1, -0.05) is 86.1 Å². The molecule has 1 atom stereocenters. The molecule has 1 aromatic heterocycles. The van der Waals surface area contributed by atoms with Gasteiger partial charge in [0, 0.05) is 10.9 Å². The van der Waals surface area contributed by atoms with Crippen molar-refractivity contribution >= 4 is 16.7 Å². The summed E-state index contributed by atoms with van der Waals surface area (Å²) in [6.07, 6.45) is 1.93. The number of halogens is 1. The van der Waals surface area contributed by atoms with Crippen LogP contribution in [0.4, 0.5) is 4.39 Å². The molecular formula is C28H26FN3O. The van der Waals surface area contributed by atoms with Crippen LogP contribution < -0.4 is 10.1 Å². The van der Waals surface area contributed by atoms with Crippen molar-refractivity contribution in [2.45, 2.75) is 25.3 Å². The number of amidine groups is 1. The lowest BCUT2D eigenvalue weighted by atomic mass is 9.86. The Morgan fingerprint density at radius 2 is 1.70 bits per heavy atom. The lowest BCUT2D eigenvalue weighted by molar-refractivity contribution is 0.391. The molecule has 1 N–H and O–H groups in total. The van der Waals surface area contributed by atoms with E-state index in [2.05, 4.69) is 36.5 Å². The number of benzene rings is 3. The molecule has 166 valence electrons. The van der Waals surface area contributed by atoms with Crippen LogP contribution in [0.2, 0.25) is 0 Å². The zero-order valence-electron chi connectivity index (χ0n) is 18.8. The fourth-order valence-electron chi connectivity index (χ4n) is 4.75. The van der Waals surface area contributed by atoms with E-state index in [9.17, 15) is 4.39 Å². The standard InChI is InChI=1S/C28H26FN3O/c1-3-17-28(20-13-8-5-9-14-20)18-30-27(32-28)23-21-15-10-16-22(29)25(21)31-24(26(23)33-2)19-11-6-4-7-12-19/h4-16H,3,17-18H2,1-2H3,(H,30,32). The molecule has 0 fully saturated rings. The first-order chi connectivity index (χ1) is 16.2. The van der Waals surface area contributed by atoms with E-state index in [0.29, 0.717) is 34.7 Å². The van der Waals surface area contributed by atoms with Crippen molar-refractivity contribution in [2.24, 2.45) is 4.99 Å². The Morgan fingerprint density at radius 3 is 2.39 bits per heavy atom. The normalized spacial score (nSPS) is 17.6. The summed E-state index contributed by atoms with van der Waals surface area (Å²) in [5.74, 6) is 0.931. The van der Waals surface area contributed by atoms with E-state index < -0.39 is 0 Å². The van der Waals surface area contributed by atoms with Gasteiger partial charge in [-0.25, -0.2) is 9.37 Å². The summed E-state index contributed by atoms with van der Waals surface area (Å²) < 4.78 is 20.9. The van der Waals surface area contributed by atoms with E-state index in [-0.39, 0.29) is 11.4 Å². The lowest BCUT2D eigenvalue weighted by Gasteiger charge is -2.30. The number of nitrogens with one attached hydrogen (secondary N) is 1. The maximum Gasteiger partial charge on any atom is 0.156 e. The third kappa shape index (κ3) is 3.63. The second-order valence-electron chi connectivity index (χ2n) is 8.36. The van der Waals surface area contributed by atoms with Crippen molar-refractivity contribution in [1.82, 2.24) is 10.3 Å². The number of aromatic nitrogens is 1. The molecule has 3 aromatic carbocycles. The van der Waals surface area contributed by atoms with E-state index in [1.54, 1.807) is 13.2 Å². The predicted octanol–water partition coefficient (Wildman–Crippen LogP) is 6.09. The van der Waals surface area contributed by atoms with Gasteiger partial charge in [-0.15, -0.1) is 0 Å². The molecule has 5 rings (SSSR count). The molecule has 0 spiro atoms. The largest absolute Gasteiger partial charge is 0.494 e. The molecule has 33 heavy (non-hydrogen) atoms. The highest BCUT2D eigenvalue weighted by molar-refractivity contribution is 6.14. The van der Waals surface area contributed by atoms with Gasteiger partial charge in [0.25, 0.3) is 0 Å². The fourth-order valence-corrected chi connectivity index (χ4v) is 4.75. The molecule has 0 saturated heterocycles. The Labute approximate surface area is 193 Å². The summed E-state index contributed by atoms with van der Waals surface area (Å²) in [6, 6.07) is 25.2. The lowest BCUT2D eigenvalue weighted by Crippen LogP contribution is -2.43. The Balaban J connectivity index is 1.72. The summed E-state index contributed by atoms with van der Waals surface area (Å²) in [6.45, 7) is 2.78. The first kappa shape index (κ1) is 21.1. The van der Waals surface area contributed by atoms with E-state index in [1.807, 2.05) is 42.5 Å². The third-order valence-corrected chi connectivity index (χ3v) is 6.28. The SMILES string of the molecule is CCCC1(c2ccccc2)CN=C(c2c(OC)c(-c3ccccc3)nc3c(F)cccc23)N1. The summed E-state index contributed by atoms with van der Waals surface area (Å²) >= 11 is 0. The van der Waals surface area contributed by atoms with Crippen LogP contribution >= 0.6 is 0 Å². The number of para-hydroxylation sites is 1. The topological polar surface area (TPSA) is 46.5 Å². The van der Waals surface area contributed by atoms with Crippen LogP contribution in [0.1, 0.15) is 30.9 Å². The average Bonchev–Trinajstić information content (AvgIpc) is 3.29. The average molecular weight is 440 g/mol. The monoisotopic (exact) mass is 439 g/mol. The molecular weight excluding hydrogens is 413 g/mol. The molecule has 5 heteroatoms. The number of pyridine rings is 1. The summed E-state index contributed by atoms with van der Waals surface area (Å²) in [5.41, 5.74) is 3.40. The number of methoxy groups -OCH3 is 1. The van der Waals surface area contributed by atoms with Gasteiger partial charge >= 0.3 is 0 Å². The minimum Gasteiger partial charge on any atom is -0.494 e. The Bertz CT molecular complexity index is 1320. The van der Waals surface area contributed by atoms with E-state index in [0.717, 1.165) is 24.0 Å². The molecule has 0 bridgehead atoms. The van der Waals surface area contributed by atoms with Gasteiger partial charge < -0.3 is 10.1 Å². The van der Waals surface area contributed by atoms with Crippen LogP contribution in [0.5, 0.6) is 5.75 Å². The first-order valence-electron chi connectivity index (χ1n) is 11.3. The zero-order valence-corrected chi connectivity index (χ0v) is 18.8. The highest BCUT2D eigenvalue weighted by atomic mass is 19.1. The predicted molar refractivity (Wildman–Crippen MR) is 131 cm³/mol. The van der Waals surface area contributed by atoms with Crippen molar-refractivity contribution in [2.75, 3.05) is 13.7 Å². The number of fused-ring (bicyclic) bond motifs is 1. The van der Waals surface area contributed by atoms with Crippen LogP contribution in [-0.4, -0.2) is 24.5 Å². The maximum atomic E-state index is 15.0. The van der Waals surface area contributed by atoms with E-state index in [1.165, 1.54) is 11.6 Å². The first-order valence-corrected chi connectivity index (χ1v) is 11.3. The number of hydrogen-bond donors (Lipinski definition) is 1. The smallest absolute Gasteiger partial charge is 0.156 e. The molecule has 1 aliphatic rings. The molecule has 4 aromatic rings. The molecule has 0 saturated carbocycles. The van der Waals surface area contributed by atoms with Crippen LogP contribution in [-0.2, 0) is 5.54 Å². The maximum absolute atomic E-state index is 15.0. The van der Waals surface area contributed by atoms with Gasteiger partial charge in [-0.3, -0.25) is 4.99 Å². The Hall–Kier alpha value is -3.73. The van der Waals surface area contributed by atoms with E-state index in [4.69, 9.17) is 14.7 Å². The number of aliphatic imine (C=N–C) groups is 1. The van der Waals surface area contributed by atoms with Crippen molar-refractivity contribution in [3.63, 3.8) is 0 Å². The molecule has 0 amide bonds. The van der Waals surface area contributed by atoms with Gasteiger partial charge in [0.15, 0.2) is 5.75 Å². The highest BCUT2D eigenvalue weighted by Gasteiger charge is 2.38. The third-order valence-electron chi connectivity index (χ3n) is 6.28. The molecule has 1 unspecified atom stereocenters. The van der Waals surface area contributed by atoms with Gasteiger partial charge in [0.05, 0.1) is 24.8 Å². The van der Waals surface area contributed by atoms with Gasteiger partial charge in [0.2, 0.25) is 0 Å². The van der Waals surface area contributed by atoms with Gasteiger partial charge in [-0.05, 0) is 18.1 Å². The second kappa shape index (κ2) is 8.66. The summed E-state index contributed by atoms with van der Waals surface area (Å²) in [5, 5.41) is 4.40. The van der Waals surface area contributed by atoms with Crippen LogP contribution in [0.15, 0.2) is 83.9 Å². The highest BCUT2D eigenvalue weighted by Crippen LogP contribution is 2.40. The molecule has 1 aliphatic heterocycles. The van der Waals surface area contributed by atoms with Crippen molar-refractivity contribution in [3.8, 4) is 17.0 Å². The molecule has 0 radical (unpaired) electrons.